The summed E-state index contributed by atoms with van der Waals surface area (Å²) in [7, 11) is 0. The van der Waals surface area contributed by atoms with Crippen LogP contribution >= 0.6 is 0 Å². The number of hydrogen-bond acceptors (Lipinski definition) is 5. The van der Waals surface area contributed by atoms with Crippen LogP contribution in [0.3, 0.4) is 0 Å². The van der Waals surface area contributed by atoms with E-state index in [2.05, 4.69) is 0 Å². The lowest BCUT2D eigenvalue weighted by Crippen LogP contribution is -2.44. The number of amides is 3. The van der Waals surface area contributed by atoms with E-state index < -0.39 is 0 Å². The van der Waals surface area contributed by atoms with Gasteiger partial charge in [-0.2, -0.15) is 0 Å². The third-order valence-corrected chi connectivity index (χ3v) is 5.44. The maximum Gasteiger partial charge on any atom is 0.257 e. The molecule has 0 saturated carbocycles. The largest absolute Gasteiger partial charge is 0.472 e. The Labute approximate surface area is 159 Å². The van der Waals surface area contributed by atoms with Crippen molar-refractivity contribution in [1.82, 2.24) is 14.7 Å². The van der Waals surface area contributed by atoms with Crippen molar-refractivity contribution in [3.8, 4) is 0 Å². The molecule has 3 rings (SSSR count). The molecule has 0 radical (unpaired) electrons. The molecule has 0 aliphatic carbocycles. The number of hydrogen-bond donors (Lipinski definition) is 1. The first-order chi connectivity index (χ1) is 13.0. The molecule has 0 bridgehead atoms. The number of carbonyl (C=O) groups excluding carboxylic acids is 3. The summed E-state index contributed by atoms with van der Waals surface area (Å²) in [6.45, 7) is 4.69. The van der Waals surface area contributed by atoms with E-state index in [1.807, 2.05) is 4.90 Å². The highest BCUT2D eigenvalue weighted by Gasteiger charge is 2.32. The van der Waals surface area contributed by atoms with Crippen LogP contribution in [0.1, 0.15) is 36.5 Å². The summed E-state index contributed by atoms with van der Waals surface area (Å²) in [6.07, 6.45) is 5.09. The van der Waals surface area contributed by atoms with Crippen molar-refractivity contribution in [1.29, 1.82) is 0 Å². The molecule has 2 N–H and O–H groups in total. The van der Waals surface area contributed by atoms with Crippen LogP contribution in [0, 0.1) is 5.92 Å². The molecule has 2 aliphatic heterocycles. The van der Waals surface area contributed by atoms with E-state index in [1.54, 1.807) is 15.9 Å². The smallest absolute Gasteiger partial charge is 0.257 e. The van der Waals surface area contributed by atoms with Gasteiger partial charge >= 0.3 is 0 Å². The first-order valence-electron chi connectivity index (χ1n) is 9.57. The summed E-state index contributed by atoms with van der Waals surface area (Å²) in [5.74, 6) is -0.273. The molecule has 3 heterocycles. The zero-order chi connectivity index (χ0) is 19.4. The third-order valence-electron chi connectivity index (χ3n) is 5.44. The fourth-order valence-electron chi connectivity index (χ4n) is 3.85. The van der Waals surface area contributed by atoms with Crippen molar-refractivity contribution < 1.29 is 18.8 Å². The molecule has 2 aliphatic rings. The quantitative estimate of drug-likeness (QED) is 0.812. The molecule has 2 atom stereocenters. The molecule has 3 amide bonds. The Bertz CT molecular complexity index is 675. The Morgan fingerprint density at radius 3 is 2.48 bits per heavy atom. The summed E-state index contributed by atoms with van der Waals surface area (Å²) >= 11 is 0. The van der Waals surface area contributed by atoms with Crippen molar-refractivity contribution in [2.45, 2.75) is 32.2 Å². The molecule has 27 heavy (non-hydrogen) atoms. The van der Waals surface area contributed by atoms with Crippen LogP contribution in [-0.4, -0.2) is 77.7 Å². The minimum absolute atomic E-state index is 0.0436. The van der Waals surface area contributed by atoms with Crippen LogP contribution in [0.25, 0.3) is 0 Å². The minimum Gasteiger partial charge on any atom is -0.472 e. The monoisotopic (exact) mass is 376 g/mol. The van der Waals surface area contributed by atoms with Crippen molar-refractivity contribution in [3.63, 3.8) is 0 Å². The second-order valence-corrected chi connectivity index (χ2v) is 7.44. The molecule has 0 aromatic carbocycles. The van der Waals surface area contributed by atoms with Gasteiger partial charge in [-0.3, -0.25) is 14.4 Å². The van der Waals surface area contributed by atoms with E-state index in [4.69, 9.17) is 10.2 Å². The Balaban J connectivity index is 1.61. The number of likely N-dealkylation sites (tertiary alicyclic amines) is 1. The summed E-state index contributed by atoms with van der Waals surface area (Å²) < 4.78 is 4.99. The van der Waals surface area contributed by atoms with Crippen LogP contribution in [0.5, 0.6) is 0 Å². The number of nitrogens with two attached hydrogens (primary N) is 1. The Morgan fingerprint density at radius 2 is 1.78 bits per heavy atom. The predicted molar refractivity (Wildman–Crippen MR) is 98.8 cm³/mol. The second kappa shape index (κ2) is 8.56. The highest BCUT2D eigenvalue weighted by Crippen LogP contribution is 2.20. The van der Waals surface area contributed by atoms with Gasteiger partial charge in [0.05, 0.1) is 17.7 Å². The van der Waals surface area contributed by atoms with Crippen molar-refractivity contribution in [2.24, 2.45) is 11.7 Å². The fourth-order valence-corrected chi connectivity index (χ4v) is 3.85. The molecule has 0 unspecified atom stereocenters. The van der Waals surface area contributed by atoms with Gasteiger partial charge in [0.25, 0.3) is 5.91 Å². The van der Waals surface area contributed by atoms with Crippen molar-refractivity contribution >= 4 is 17.7 Å². The number of carbonyl (C=O) groups is 3. The molecule has 8 heteroatoms. The van der Waals surface area contributed by atoms with Gasteiger partial charge in [-0.05, 0) is 25.3 Å². The number of rotatable bonds is 2. The van der Waals surface area contributed by atoms with Gasteiger partial charge in [0, 0.05) is 52.2 Å². The van der Waals surface area contributed by atoms with Crippen LogP contribution in [-0.2, 0) is 9.59 Å². The predicted octanol–water partition coefficient (Wildman–Crippen LogP) is 0.540. The van der Waals surface area contributed by atoms with E-state index in [1.165, 1.54) is 19.5 Å². The lowest BCUT2D eigenvalue weighted by molar-refractivity contribution is -0.137. The summed E-state index contributed by atoms with van der Waals surface area (Å²) in [5, 5.41) is 0. The molecule has 8 nitrogen and oxygen atoms in total. The standard InChI is InChI=1S/C19H28N4O4/c1-14(24)23-11-15(3-4-17(20)12-23)18(25)21-6-2-7-22(9-8-21)19(26)16-5-10-27-13-16/h5,10,13,15,17H,2-4,6-9,11-12,20H2,1H3/t15-,17+/m1/s1. The van der Waals surface area contributed by atoms with Gasteiger partial charge in [0.15, 0.2) is 0 Å². The van der Waals surface area contributed by atoms with Gasteiger partial charge in [-0.15, -0.1) is 0 Å². The number of nitrogens with zero attached hydrogens (tertiary/aromatic N) is 3. The fraction of sp³-hybridized carbons (Fsp3) is 0.632. The van der Waals surface area contributed by atoms with Gasteiger partial charge in [0.2, 0.25) is 11.8 Å². The summed E-state index contributed by atoms with van der Waals surface area (Å²) in [5.41, 5.74) is 6.59. The normalized spacial score (nSPS) is 24.3. The second-order valence-electron chi connectivity index (χ2n) is 7.44. The Morgan fingerprint density at radius 1 is 1.04 bits per heavy atom. The first kappa shape index (κ1) is 19.4. The topological polar surface area (TPSA) is 100 Å². The molecular formula is C19H28N4O4. The van der Waals surface area contributed by atoms with Gasteiger partial charge < -0.3 is 24.9 Å². The van der Waals surface area contributed by atoms with Gasteiger partial charge in [-0.25, -0.2) is 0 Å². The molecule has 1 aromatic rings. The van der Waals surface area contributed by atoms with Crippen LogP contribution < -0.4 is 5.73 Å². The average molecular weight is 376 g/mol. The van der Waals surface area contributed by atoms with Crippen LogP contribution in [0.15, 0.2) is 23.0 Å². The molecule has 0 spiro atoms. The Kier molecular flexibility index (Phi) is 6.15. The molecular weight excluding hydrogens is 348 g/mol. The first-order valence-corrected chi connectivity index (χ1v) is 9.57. The molecule has 1 aromatic heterocycles. The zero-order valence-corrected chi connectivity index (χ0v) is 15.8. The summed E-state index contributed by atoms with van der Waals surface area (Å²) in [4.78, 5) is 42.7. The molecule has 2 saturated heterocycles. The van der Waals surface area contributed by atoms with Crippen LogP contribution in [0.4, 0.5) is 0 Å². The molecule has 148 valence electrons. The highest BCUT2D eigenvalue weighted by molar-refractivity contribution is 5.93. The summed E-state index contributed by atoms with van der Waals surface area (Å²) in [6, 6.07) is 1.57. The van der Waals surface area contributed by atoms with Crippen molar-refractivity contribution in [2.75, 3.05) is 39.3 Å². The lowest BCUT2D eigenvalue weighted by atomic mass is 10.0. The average Bonchev–Trinajstić information content (AvgIpc) is 2.96. The zero-order valence-electron chi connectivity index (χ0n) is 15.8. The maximum atomic E-state index is 13.1. The SMILES string of the molecule is CC(=O)N1C[C@@H](N)CC[C@@H](C(=O)N2CCCN(C(=O)c3ccoc3)CC2)C1. The van der Waals surface area contributed by atoms with E-state index in [0.717, 1.165) is 12.8 Å². The third kappa shape index (κ3) is 4.68. The van der Waals surface area contributed by atoms with Crippen LogP contribution in [0.2, 0.25) is 0 Å². The van der Waals surface area contributed by atoms with E-state index >= 15 is 0 Å². The van der Waals surface area contributed by atoms with E-state index in [0.29, 0.717) is 51.3 Å². The van der Waals surface area contributed by atoms with E-state index in [9.17, 15) is 14.4 Å². The van der Waals surface area contributed by atoms with Gasteiger partial charge in [0.1, 0.15) is 6.26 Å². The lowest BCUT2D eigenvalue weighted by Gasteiger charge is -2.28. The Hall–Kier alpha value is -2.35. The van der Waals surface area contributed by atoms with Crippen molar-refractivity contribution in [3.05, 3.63) is 24.2 Å². The van der Waals surface area contributed by atoms with E-state index in [-0.39, 0.29) is 29.7 Å². The molecule has 2 fully saturated rings. The highest BCUT2D eigenvalue weighted by atomic mass is 16.3. The van der Waals surface area contributed by atoms with Gasteiger partial charge in [-0.1, -0.05) is 0 Å². The minimum atomic E-state index is -0.224. The number of furan rings is 1. The maximum absolute atomic E-state index is 13.1.